The van der Waals surface area contributed by atoms with E-state index < -0.39 is 11.8 Å². The predicted molar refractivity (Wildman–Crippen MR) is 121 cm³/mol. The molecule has 6 nitrogen and oxygen atoms in total. The van der Waals surface area contributed by atoms with E-state index in [1.54, 1.807) is 42.5 Å². The summed E-state index contributed by atoms with van der Waals surface area (Å²) in [6.07, 6.45) is 1.46. The second-order valence-corrected chi connectivity index (χ2v) is 7.70. The van der Waals surface area contributed by atoms with Crippen LogP contribution in [0.1, 0.15) is 17.0 Å². The summed E-state index contributed by atoms with van der Waals surface area (Å²) >= 11 is 18.2. The molecule has 3 aromatic rings. The van der Waals surface area contributed by atoms with Crippen LogP contribution in [0.4, 0.5) is 5.69 Å². The molecule has 0 radical (unpaired) electrons. The molecule has 2 N–H and O–H groups in total. The van der Waals surface area contributed by atoms with E-state index in [1.165, 1.54) is 6.21 Å². The van der Waals surface area contributed by atoms with Crippen molar-refractivity contribution in [3.8, 4) is 5.69 Å². The highest BCUT2D eigenvalue weighted by Crippen LogP contribution is 2.28. The molecule has 0 aliphatic carbocycles. The maximum Gasteiger partial charge on any atom is 0.329 e. The summed E-state index contributed by atoms with van der Waals surface area (Å²) in [5, 5.41) is 7.99. The van der Waals surface area contributed by atoms with Gasteiger partial charge >= 0.3 is 11.8 Å². The molecule has 0 aliphatic rings. The van der Waals surface area contributed by atoms with Crippen LogP contribution in [0.25, 0.3) is 5.69 Å². The lowest BCUT2D eigenvalue weighted by Gasteiger charge is -2.12. The Morgan fingerprint density at radius 2 is 1.60 bits per heavy atom. The molecular formula is C21H17Cl3N4O2. The van der Waals surface area contributed by atoms with Crippen LogP contribution in [0.2, 0.25) is 15.1 Å². The monoisotopic (exact) mass is 462 g/mol. The topological polar surface area (TPSA) is 75.5 Å². The van der Waals surface area contributed by atoms with Gasteiger partial charge in [-0.15, -0.1) is 0 Å². The van der Waals surface area contributed by atoms with Crippen LogP contribution in [0.5, 0.6) is 0 Å². The quantitative estimate of drug-likeness (QED) is 0.319. The standard InChI is InChI=1S/C21H17Cl3N4O2/c1-12-9-14(13(2)28(12)19-10-16(23)5-8-18(19)24)11-25-27-21(30)20(29)26-17-6-3-15(22)4-7-17/h3-11H,1-2H3,(H,26,29)(H,27,30). The van der Waals surface area contributed by atoms with Crippen LogP contribution < -0.4 is 10.7 Å². The van der Waals surface area contributed by atoms with Crippen molar-refractivity contribution in [1.29, 1.82) is 0 Å². The molecule has 0 unspecified atom stereocenters. The Kier molecular flexibility index (Phi) is 6.82. The number of benzene rings is 2. The van der Waals surface area contributed by atoms with Gasteiger partial charge in [0, 0.05) is 32.7 Å². The maximum atomic E-state index is 12.0. The second kappa shape index (κ2) is 9.34. The van der Waals surface area contributed by atoms with Crippen molar-refractivity contribution in [2.45, 2.75) is 13.8 Å². The third-order valence-electron chi connectivity index (χ3n) is 4.30. The maximum absolute atomic E-state index is 12.0. The molecule has 2 amide bonds. The number of hydrazone groups is 1. The van der Waals surface area contributed by atoms with Gasteiger partial charge in [0.05, 0.1) is 16.9 Å². The molecule has 0 fully saturated rings. The number of amides is 2. The van der Waals surface area contributed by atoms with Gasteiger partial charge in [0.15, 0.2) is 0 Å². The zero-order valence-corrected chi connectivity index (χ0v) is 18.3. The fourth-order valence-corrected chi connectivity index (χ4v) is 3.37. The third kappa shape index (κ3) is 5.02. The molecule has 0 atom stereocenters. The van der Waals surface area contributed by atoms with Crippen LogP contribution in [0.3, 0.4) is 0 Å². The van der Waals surface area contributed by atoms with Crippen LogP contribution in [0, 0.1) is 13.8 Å². The number of rotatable bonds is 4. The first-order valence-electron chi connectivity index (χ1n) is 8.80. The first-order valence-corrected chi connectivity index (χ1v) is 9.94. The Bertz CT molecular complexity index is 1140. The molecule has 1 aromatic heterocycles. The Balaban J connectivity index is 1.70. The predicted octanol–water partition coefficient (Wildman–Crippen LogP) is 5.14. The number of anilines is 1. The van der Waals surface area contributed by atoms with Crippen molar-refractivity contribution in [1.82, 2.24) is 9.99 Å². The van der Waals surface area contributed by atoms with E-state index in [9.17, 15) is 9.59 Å². The third-order valence-corrected chi connectivity index (χ3v) is 5.10. The first-order chi connectivity index (χ1) is 14.3. The Hall–Kier alpha value is -2.80. The van der Waals surface area contributed by atoms with Gasteiger partial charge in [-0.05, 0) is 62.4 Å². The SMILES string of the molecule is Cc1cc(C=NNC(=O)C(=O)Nc2ccc(Cl)cc2)c(C)n1-c1cc(Cl)ccc1Cl. The molecule has 154 valence electrons. The second-order valence-electron chi connectivity index (χ2n) is 6.42. The number of aromatic nitrogens is 1. The van der Waals surface area contributed by atoms with E-state index in [0.717, 1.165) is 22.6 Å². The highest BCUT2D eigenvalue weighted by molar-refractivity contribution is 6.39. The number of aryl methyl sites for hydroxylation is 1. The highest BCUT2D eigenvalue weighted by Gasteiger charge is 2.14. The summed E-state index contributed by atoms with van der Waals surface area (Å²) in [7, 11) is 0. The molecule has 0 bridgehead atoms. The van der Waals surface area contributed by atoms with Gasteiger partial charge in [-0.2, -0.15) is 5.10 Å². The Morgan fingerprint density at radius 3 is 2.30 bits per heavy atom. The van der Waals surface area contributed by atoms with Crippen molar-refractivity contribution < 1.29 is 9.59 Å². The summed E-state index contributed by atoms with van der Waals surface area (Å²) in [6, 6.07) is 13.5. The zero-order chi connectivity index (χ0) is 21.8. The highest BCUT2D eigenvalue weighted by atomic mass is 35.5. The van der Waals surface area contributed by atoms with E-state index in [1.807, 2.05) is 24.5 Å². The van der Waals surface area contributed by atoms with Gasteiger partial charge in [-0.25, -0.2) is 5.43 Å². The summed E-state index contributed by atoms with van der Waals surface area (Å²) < 4.78 is 1.94. The lowest BCUT2D eigenvalue weighted by molar-refractivity contribution is -0.136. The number of nitrogens with zero attached hydrogens (tertiary/aromatic N) is 2. The number of nitrogens with one attached hydrogen (secondary N) is 2. The van der Waals surface area contributed by atoms with Gasteiger partial charge < -0.3 is 9.88 Å². The van der Waals surface area contributed by atoms with Gasteiger partial charge in [-0.1, -0.05) is 34.8 Å². The molecule has 30 heavy (non-hydrogen) atoms. The summed E-state index contributed by atoms with van der Waals surface area (Å²) in [4.78, 5) is 23.9. The Labute approximate surface area is 188 Å². The fourth-order valence-electron chi connectivity index (χ4n) is 2.88. The van der Waals surface area contributed by atoms with Gasteiger partial charge in [0.2, 0.25) is 0 Å². The summed E-state index contributed by atoms with van der Waals surface area (Å²) in [6.45, 7) is 3.81. The smallest absolute Gasteiger partial charge is 0.318 e. The molecule has 0 saturated carbocycles. The van der Waals surface area contributed by atoms with Crippen LogP contribution >= 0.6 is 34.8 Å². The minimum atomic E-state index is -0.895. The molecule has 3 rings (SSSR count). The van der Waals surface area contributed by atoms with Crippen molar-refractivity contribution in [2.75, 3.05) is 5.32 Å². The number of hydrogen-bond acceptors (Lipinski definition) is 3. The lowest BCUT2D eigenvalue weighted by atomic mass is 10.2. The van der Waals surface area contributed by atoms with E-state index >= 15 is 0 Å². The van der Waals surface area contributed by atoms with Crippen molar-refractivity contribution in [3.05, 3.63) is 80.6 Å². The van der Waals surface area contributed by atoms with E-state index in [4.69, 9.17) is 34.8 Å². The number of halogens is 3. The van der Waals surface area contributed by atoms with E-state index in [2.05, 4.69) is 15.8 Å². The average Bonchev–Trinajstić information content (AvgIpc) is 2.98. The first kappa shape index (κ1) is 21.9. The van der Waals surface area contributed by atoms with E-state index in [-0.39, 0.29) is 0 Å². The molecule has 2 aromatic carbocycles. The molecular weight excluding hydrogens is 447 g/mol. The fraction of sp³-hybridized carbons (Fsp3) is 0.0952. The van der Waals surface area contributed by atoms with Crippen molar-refractivity contribution in [2.24, 2.45) is 5.10 Å². The minimum Gasteiger partial charge on any atom is -0.318 e. The van der Waals surface area contributed by atoms with Crippen molar-refractivity contribution in [3.63, 3.8) is 0 Å². The Morgan fingerprint density at radius 1 is 0.933 bits per heavy atom. The van der Waals surface area contributed by atoms with Gasteiger partial charge in [0.1, 0.15) is 0 Å². The molecule has 1 heterocycles. The number of hydrogen-bond donors (Lipinski definition) is 2. The minimum absolute atomic E-state index is 0.450. The molecule has 0 saturated heterocycles. The molecule has 0 aliphatic heterocycles. The van der Waals surface area contributed by atoms with Gasteiger partial charge in [0.25, 0.3) is 0 Å². The molecule has 9 heteroatoms. The van der Waals surface area contributed by atoms with Crippen LogP contribution in [-0.2, 0) is 9.59 Å². The van der Waals surface area contributed by atoms with Crippen molar-refractivity contribution >= 4 is 58.5 Å². The largest absolute Gasteiger partial charge is 0.329 e. The zero-order valence-electron chi connectivity index (χ0n) is 16.0. The summed E-state index contributed by atoms with van der Waals surface area (Å²) in [5.41, 5.74) is 5.91. The molecule has 0 spiro atoms. The van der Waals surface area contributed by atoms with Crippen LogP contribution in [0.15, 0.2) is 53.6 Å². The summed E-state index contributed by atoms with van der Waals surface area (Å²) in [5.74, 6) is -1.74. The lowest BCUT2D eigenvalue weighted by Crippen LogP contribution is -2.32. The van der Waals surface area contributed by atoms with Crippen LogP contribution in [-0.4, -0.2) is 22.6 Å². The average molecular weight is 464 g/mol. The number of carbonyl (C=O) groups is 2. The van der Waals surface area contributed by atoms with E-state index in [0.29, 0.717) is 20.8 Å². The van der Waals surface area contributed by atoms with Gasteiger partial charge in [-0.3, -0.25) is 9.59 Å². The normalized spacial score (nSPS) is 11.0. The number of carbonyl (C=O) groups excluding carboxylic acids is 2.